The first-order valence-corrected chi connectivity index (χ1v) is 8.92. The molecule has 27 heavy (non-hydrogen) atoms. The average molecular weight is 359 g/mol. The number of nitriles is 1. The molecule has 5 rings (SSSR count). The lowest BCUT2D eigenvalue weighted by Gasteiger charge is -2.26. The van der Waals surface area contributed by atoms with E-state index in [1.807, 2.05) is 18.3 Å². The molecule has 0 bridgehead atoms. The average Bonchev–Trinajstić information content (AvgIpc) is 3.41. The first-order valence-electron chi connectivity index (χ1n) is 8.92. The molecule has 1 aliphatic rings. The van der Waals surface area contributed by atoms with E-state index >= 15 is 0 Å². The van der Waals surface area contributed by atoms with Gasteiger partial charge in [0, 0.05) is 36.9 Å². The largest absolute Gasteiger partial charge is 0.352 e. The lowest BCUT2D eigenvalue weighted by atomic mass is 10.2. The Bertz CT molecular complexity index is 1230. The second kappa shape index (κ2) is 5.99. The Hall–Kier alpha value is -3.60. The number of H-pyrrole nitrogens is 2. The first kappa shape index (κ1) is 15.6. The van der Waals surface area contributed by atoms with E-state index in [9.17, 15) is 4.79 Å². The number of aromatic amines is 2. The van der Waals surface area contributed by atoms with Crippen molar-refractivity contribution in [2.75, 3.05) is 11.4 Å². The minimum Gasteiger partial charge on any atom is -0.352 e. The Kier molecular flexibility index (Phi) is 3.47. The van der Waals surface area contributed by atoms with Crippen LogP contribution in [-0.4, -0.2) is 37.1 Å². The number of rotatable bonds is 3. The van der Waals surface area contributed by atoms with Crippen LogP contribution in [0.3, 0.4) is 0 Å². The van der Waals surface area contributed by atoms with E-state index in [1.54, 1.807) is 23.0 Å². The fourth-order valence-corrected chi connectivity index (χ4v) is 3.99. The van der Waals surface area contributed by atoms with Crippen molar-refractivity contribution in [1.82, 2.24) is 24.5 Å². The molecular weight excluding hydrogens is 342 g/mol. The van der Waals surface area contributed by atoms with Gasteiger partial charge in [0.05, 0.1) is 22.8 Å². The zero-order chi connectivity index (χ0) is 18.4. The summed E-state index contributed by atoms with van der Waals surface area (Å²) in [6, 6.07) is 7.87. The highest BCUT2D eigenvalue weighted by atomic mass is 16.1. The summed E-state index contributed by atoms with van der Waals surface area (Å²) in [6.45, 7) is 1.46. The Balaban J connectivity index is 1.54. The Morgan fingerprint density at radius 1 is 1.26 bits per heavy atom. The zero-order valence-electron chi connectivity index (χ0n) is 14.5. The molecule has 0 radical (unpaired) electrons. The number of nitrogens with one attached hydrogen (secondary N) is 2. The van der Waals surface area contributed by atoms with E-state index in [0.29, 0.717) is 12.1 Å². The van der Waals surface area contributed by atoms with Gasteiger partial charge in [-0.1, -0.05) is 0 Å². The quantitative estimate of drug-likeness (QED) is 0.583. The summed E-state index contributed by atoms with van der Waals surface area (Å²) in [7, 11) is 0. The molecule has 0 aliphatic carbocycles. The summed E-state index contributed by atoms with van der Waals surface area (Å²) in [6.07, 6.45) is 7.16. The summed E-state index contributed by atoms with van der Waals surface area (Å²) < 4.78 is 1.81. The van der Waals surface area contributed by atoms with Crippen LogP contribution in [0.4, 0.5) is 5.82 Å². The van der Waals surface area contributed by atoms with Crippen molar-refractivity contribution >= 4 is 27.9 Å². The number of fused-ring (bicyclic) bond motifs is 3. The molecule has 1 fully saturated rings. The fraction of sp³-hybridized carbons (Fsp3) is 0.263. The highest BCUT2D eigenvalue weighted by Crippen LogP contribution is 2.27. The molecular formula is C19H17N7O. The number of hydrogen-bond donors (Lipinski definition) is 2. The lowest BCUT2D eigenvalue weighted by molar-refractivity contribution is 0.547. The predicted octanol–water partition coefficient (Wildman–Crippen LogP) is 2.14. The van der Waals surface area contributed by atoms with Crippen molar-refractivity contribution in [3.05, 3.63) is 52.8 Å². The molecule has 4 aromatic heterocycles. The Morgan fingerprint density at radius 2 is 2.19 bits per heavy atom. The predicted molar refractivity (Wildman–Crippen MR) is 102 cm³/mol. The summed E-state index contributed by atoms with van der Waals surface area (Å²) >= 11 is 0. The van der Waals surface area contributed by atoms with Crippen LogP contribution in [0.2, 0.25) is 0 Å². The maximum absolute atomic E-state index is 12.6. The van der Waals surface area contributed by atoms with E-state index in [1.165, 1.54) is 0 Å². The van der Waals surface area contributed by atoms with Crippen LogP contribution in [0.15, 0.2) is 41.6 Å². The van der Waals surface area contributed by atoms with Gasteiger partial charge in [-0.2, -0.15) is 5.26 Å². The van der Waals surface area contributed by atoms with Crippen LogP contribution in [-0.2, 0) is 6.54 Å². The molecule has 8 nitrogen and oxygen atoms in total. The number of hydrogen-bond acceptors (Lipinski definition) is 5. The molecule has 0 amide bonds. The van der Waals surface area contributed by atoms with Gasteiger partial charge < -0.3 is 14.9 Å². The minimum atomic E-state index is -0.125. The molecule has 8 heteroatoms. The SMILES string of the molecule is N#Cc1ccc(N2CCCC2Cn2c(=O)[nH]c3cnc4[nH]ccc4c32)nc1. The molecule has 1 saturated heterocycles. The standard InChI is InChI=1S/C19H17N7O/c20-8-12-3-4-16(22-9-12)25-7-1-2-13(25)11-26-17-14-5-6-21-18(14)23-10-15(17)24-19(26)27/h3-6,9-10,13H,1-2,7,11H2,(H,21,23)(H,24,27). The second-order valence-corrected chi connectivity index (χ2v) is 6.81. The van der Waals surface area contributed by atoms with Gasteiger partial charge in [-0.15, -0.1) is 0 Å². The number of nitrogens with zero attached hydrogens (tertiary/aromatic N) is 5. The molecule has 0 saturated carbocycles. The molecule has 4 aromatic rings. The number of pyridine rings is 2. The number of aromatic nitrogens is 5. The van der Waals surface area contributed by atoms with Gasteiger partial charge in [0.15, 0.2) is 0 Å². The third kappa shape index (κ3) is 2.47. The third-order valence-corrected chi connectivity index (χ3v) is 5.26. The smallest absolute Gasteiger partial charge is 0.326 e. The van der Waals surface area contributed by atoms with Gasteiger partial charge in [-0.25, -0.2) is 14.8 Å². The van der Waals surface area contributed by atoms with Gasteiger partial charge in [-0.05, 0) is 31.0 Å². The minimum absolute atomic E-state index is 0.125. The zero-order valence-corrected chi connectivity index (χ0v) is 14.5. The molecule has 5 heterocycles. The molecule has 1 atom stereocenters. The van der Waals surface area contributed by atoms with Crippen LogP contribution in [0, 0.1) is 11.3 Å². The van der Waals surface area contributed by atoms with E-state index in [2.05, 4.69) is 30.9 Å². The van der Waals surface area contributed by atoms with Gasteiger partial charge in [0.1, 0.15) is 17.5 Å². The monoisotopic (exact) mass is 359 g/mol. The Labute approximate surface area is 154 Å². The van der Waals surface area contributed by atoms with E-state index in [0.717, 1.165) is 47.3 Å². The second-order valence-electron chi connectivity index (χ2n) is 6.81. The lowest BCUT2D eigenvalue weighted by Crippen LogP contribution is -2.36. The van der Waals surface area contributed by atoms with Crippen LogP contribution in [0.25, 0.3) is 22.1 Å². The van der Waals surface area contributed by atoms with Crippen molar-refractivity contribution in [2.45, 2.75) is 25.4 Å². The molecule has 0 spiro atoms. The highest BCUT2D eigenvalue weighted by Gasteiger charge is 2.27. The number of imidazole rings is 1. The highest BCUT2D eigenvalue weighted by molar-refractivity contribution is 6.00. The van der Waals surface area contributed by atoms with Crippen molar-refractivity contribution in [3.8, 4) is 6.07 Å². The van der Waals surface area contributed by atoms with E-state index in [4.69, 9.17) is 5.26 Å². The van der Waals surface area contributed by atoms with E-state index < -0.39 is 0 Å². The van der Waals surface area contributed by atoms with Crippen molar-refractivity contribution in [3.63, 3.8) is 0 Å². The maximum Gasteiger partial charge on any atom is 0.326 e. The summed E-state index contributed by atoms with van der Waals surface area (Å²) in [4.78, 5) is 29.6. The van der Waals surface area contributed by atoms with Gasteiger partial charge in [-0.3, -0.25) is 4.57 Å². The topological polar surface area (TPSA) is 106 Å². The van der Waals surface area contributed by atoms with Crippen molar-refractivity contribution in [2.24, 2.45) is 0 Å². The van der Waals surface area contributed by atoms with Crippen LogP contribution < -0.4 is 10.6 Å². The molecule has 1 unspecified atom stereocenters. The third-order valence-electron chi connectivity index (χ3n) is 5.26. The van der Waals surface area contributed by atoms with Gasteiger partial charge in [0.25, 0.3) is 0 Å². The van der Waals surface area contributed by atoms with Crippen LogP contribution in [0.5, 0.6) is 0 Å². The number of anilines is 1. The fourth-order valence-electron chi connectivity index (χ4n) is 3.99. The molecule has 0 aromatic carbocycles. The van der Waals surface area contributed by atoms with E-state index in [-0.39, 0.29) is 11.7 Å². The van der Waals surface area contributed by atoms with Crippen LogP contribution in [0.1, 0.15) is 18.4 Å². The molecule has 2 N–H and O–H groups in total. The summed E-state index contributed by atoms with van der Waals surface area (Å²) in [5, 5.41) is 9.90. The van der Waals surface area contributed by atoms with Gasteiger partial charge >= 0.3 is 5.69 Å². The summed E-state index contributed by atoms with van der Waals surface area (Å²) in [5.41, 5.74) is 2.82. The normalized spacial score (nSPS) is 17.0. The maximum atomic E-state index is 12.6. The molecule has 134 valence electrons. The summed E-state index contributed by atoms with van der Waals surface area (Å²) in [5.74, 6) is 0.845. The first-order chi connectivity index (χ1) is 13.2. The Morgan fingerprint density at radius 3 is 3.00 bits per heavy atom. The molecule has 1 aliphatic heterocycles. The van der Waals surface area contributed by atoms with Crippen molar-refractivity contribution < 1.29 is 0 Å². The van der Waals surface area contributed by atoms with Crippen molar-refractivity contribution in [1.29, 1.82) is 5.26 Å². The van der Waals surface area contributed by atoms with Crippen LogP contribution >= 0.6 is 0 Å². The van der Waals surface area contributed by atoms with Gasteiger partial charge in [0.2, 0.25) is 0 Å².